The van der Waals surface area contributed by atoms with E-state index in [0.29, 0.717) is 5.69 Å². The van der Waals surface area contributed by atoms with Crippen LogP contribution in [0.15, 0.2) is 72.0 Å². The molecule has 6 nitrogen and oxygen atoms in total. The Bertz CT molecular complexity index is 1050. The molecule has 3 rings (SSSR count). The normalized spacial score (nSPS) is 12.0. The Morgan fingerprint density at radius 1 is 1.04 bits per heavy atom. The van der Waals surface area contributed by atoms with Gasteiger partial charge in [0.2, 0.25) is 0 Å². The van der Waals surface area contributed by atoms with Crippen LogP contribution >= 0.6 is 0 Å². The maximum absolute atomic E-state index is 12.8. The fraction of sp³-hybridized carbons (Fsp3) is 0.200. The average molecular weight is 383 g/mol. The van der Waals surface area contributed by atoms with Crippen molar-refractivity contribution in [3.05, 3.63) is 78.4 Å². The number of carbonyl (C=O) groups is 1. The Kier molecular flexibility index (Phi) is 4.89. The largest absolute Gasteiger partial charge is 0.319 e. The van der Waals surface area contributed by atoms with Crippen LogP contribution in [0.4, 0.5) is 5.69 Å². The van der Waals surface area contributed by atoms with Crippen molar-refractivity contribution in [2.75, 3.05) is 5.32 Å². The number of hydrogen-bond acceptors (Lipinski definition) is 4. The van der Waals surface area contributed by atoms with Crippen molar-refractivity contribution in [3.8, 4) is 0 Å². The highest BCUT2D eigenvalue weighted by molar-refractivity contribution is 7.90. The van der Waals surface area contributed by atoms with E-state index in [1.165, 1.54) is 24.7 Å². The van der Waals surface area contributed by atoms with Gasteiger partial charge < -0.3 is 5.32 Å². The fourth-order valence-electron chi connectivity index (χ4n) is 2.54. The van der Waals surface area contributed by atoms with E-state index >= 15 is 0 Å². The quantitative estimate of drug-likeness (QED) is 0.745. The van der Waals surface area contributed by atoms with Crippen molar-refractivity contribution in [1.82, 2.24) is 8.96 Å². The zero-order valence-corrected chi connectivity index (χ0v) is 16.2. The van der Waals surface area contributed by atoms with Gasteiger partial charge in [-0.3, -0.25) is 9.78 Å². The zero-order chi connectivity index (χ0) is 19.7. The lowest BCUT2D eigenvalue weighted by atomic mass is 9.87. The van der Waals surface area contributed by atoms with Gasteiger partial charge in [-0.15, -0.1) is 0 Å². The molecule has 1 N–H and O–H groups in total. The highest BCUT2D eigenvalue weighted by Gasteiger charge is 2.19. The van der Waals surface area contributed by atoms with Crippen LogP contribution in [-0.2, 0) is 15.4 Å². The first-order chi connectivity index (χ1) is 12.7. The third kappa shape index (κ3) is 4.09. The number of pyridine rings is 1. The summed E-state index contributed by atoms with van der Waals surface area (Å²) in [6.45, 7) is 6.21. The molecular weight excluding hydrogens is 362 g/mol. The van der Waals surface area contributed by atoms with E-state index in [0.717, 1.165) is 9.54 Å². The summed E-state index contributed by atoms with van der Waals surface area (Å²) in [6.07, 6.45) is 4.29. The van der Waals surface area contributed by atoms with Crippen molar-refractivity contribution in [2.24, 2.45) is 0 Å². The molecule has 0 saturated carbocycles. The third-order valence-corrected chi connectivity index (χ3v) is 5.77. The third-order valence-electron chi connectivity index (χ3n) is 4.12. The molecule has 140 valence electrons. The maximum Gasteiger partial charge on any atom is 0.274 e. The van der Waals surface area contributed by atoms with Crippen molar-refractivity contribution in [2.45, 2.75) is 31.1 Å². The lowest BCUT2D eigenvalue weighted by Gasteiger charge is -2.19. The molecule has 2 aromatic heterocycles. The predicted octanol–water partition coefficient (Wildman–Crippen LogP) is 3.67. The molecule has 0 radical (unpaired) electrons. The van der Waals surface area contributed by atoms with Gasteiger partial charge in [-0.1, -0.05) is 39.0 Å². The predicted molar refractivity (Wildman–Crippen MR) is 104 cm³/mol. The smallest absolute Gasteiger partial charge is 0.274 e. The molecule has 3 aromatic rings. The first-order valence-corrected chi connectivity index (χ1v) is 9.88. The number of hydrogen-bond donors (Lipinski definition) is 1. The molecule has 0 atom stereocenters. The molecule has 0 fully saturated rings. The summed E-state index contributed by atoms with van der Waals surface area (Å²) in [5.74, 6) is -0.403. The lowest BCUT2D eigenvalue weighted by Crippen LogP contribution is -2.14. The minimum atomic E-state index is -3.73. The number of carbonyl (C=O) groups excluding carboxylic acids is 1. The van der Waals surface area contributed by atoms with Crippen molar-refractivity contribution in [3.63, 3.8) is 0 Å². The summed E-state index contributed by atoms with van der Waals surface area (Å²) in [6, 6.07) is 13.4. The number of rotatable bonds is 4. The Balaban J connectivity index is 1.81. The molecule has 2 heterocycles. The van der Waals surface area contributed by atoms with Gasteiger partial charge in [0.15, 0.2) is 0 Å². The average Bonchev–Trinajstić information content (AvgIpc) is 3.11. The Hall–Kier alpha value is -2.93. The number of aromatic nitrogens is 2. The minimum Gasteiger partial charge on any atom is -0.319 e. The summed E-state index contributed by atoms with van der Waals surface area (Å²) in [4.78, 5) is 16.3. The van der Waals surface area contributed by atoms with E-state index in [4.69, 9.17) is 0 Å². The van der Waals surface area contributed by atoms with E-state index in [1.807, 2.05) is 12.1 Å². The SMILES string of the molecule is CC(C)(C)c1ccc(S(=O)(=O)n2ccc(NC(=O)c3ccccn3)c2)cc1. The van der Waals surface area contributed by atoms with Gasteiger partial charge >= 0.3 is 0 Å². The molecule has 0 saturated heterocycles. The van der Waals surface area contributed by atoms with Gasteiger partial charge in [-0.25, -0.2) is 12.4 Å². The van der Waals surface area contributed by atoms with Crippen LogP contribution in [0, 0.1) is 0 Å². The van der Waals surface area contributed by atoms with Crippen molar-refractivity contribution < 1.29 is 13.2 Å². The Morgan fingerprint density at radius 2 is 1.74 bits per heavy atom. The molecule has 0 bridgehead atoms. The van der Waals surface area contributed by atoms with E-state index in [9.17, 15) is 13.2 Å². The standard InChI is InChI=1S/C20H21N3O3S/c1-20(2,3)15-7-9-17(10-8-15)27(25,26)23-13-11-16(14-23)22-19(24)18-6-4-5-12-21-18/h4-14H,1-3H3,(H,22,24). The van der Waals surface area contributed by atoms with Crippen molar-refractivity contribution >= 4 is 21.6 Å². The second-order valence-corrected chi connectivity index (χ2v) is 9.02. The second-order valence-electron chi connectivity index (χ2n) is 7.18. The van der Waals surface area contributed by atoms with E-state index in [-0.39, 0.29) is 16.0 Å². The monoisotopic (exact) mass is 383 g/mol. The molecule has 1 amide bonds. The summed E-state index contributed by atoms with van der Waals surface area (Å²) in [7, 11) is -3.73. The zero-order valence-electron chi connectivity index (χ0n) is 15.4. The molecule has 0 aliphatic carbocycles. The highest BCUT2D eigenvalue weighted by Crippen LogP contribution is 2.24. The molecule has 27 heavy (non-hydrogen) atoms. The van der Waals surface area contributed by atoms with E-state index in [2.05, 4.69) is 31.1 Å². The maximum atomic E-state index is 12.8. The summed E-state index contributed by atoms with van der Waals surface area (Å²) in [5.41, 5.74) is 1.63. The first kappa shape index (κ1) is 18.8. The van der Waals surface area contributed by atoms with Gasteiger partial charge in [0.1, 0.15) is 5.69 Å². The molecular formula is C20H21N3O3S. The number of nitrogens with one attached hydrogen (secondary N) is 1. The van der Waals surface area contributed by atoms with Gasteiger partial charge in [0.25, 0.3) is 15.9 Å². The van der Waals surface area contributed by atoms with Crippen LogP contribution in [0.2, 0.25) is 0 Å². The molecule has 7 heteroatoms. The van der Waals surface area contributed by atoms with Crippen LogP contribution in [0.5, 0.6) is 0 Å². The number of benzene rings is 1. The molecule has 1 aromatic carbocycles. The van der Waals surface area contributed by atoms with Crippen LogP contribution in [-0.4, -0.2) is 23.3 Å². The van der Waals surface area contributed by atoms with Crippen LogP contribution in [0.1, 0.15) is 36.8 Å². The summed E-state index contributed by atoms with van der Waals surface area (Å²) in [5, 5.41) is 2.64. The fourth-order valence-corrected chi connectivity index (χ4v) is 3.74. The molecule has 0 aliphatic heterocycles. The van der Waals surface area contributed by atoms with Gasteiger partial charge in [0, 0.05) is 18.6 Å². The highest BCUT2D eigenvalue weighted by atomic mass is 32.2. The van der Waals surface area contributed by atoms with Crippen molar-refractivity contribution in [1.29, 1.82) is 0 Å². The van der Waals surface area contributed by atoms with E-state index in [1.54, 1.807) is 30.3 Å². The topological polar surface area (TPSA) is 81.1 Å². The molecule has 0 spiro atoms. The minimum absolute atomic E-state index is 0.0569. The van der Waals surface area contributed by atoms with Crippen LogP contribution in [0.25, 0.3) is 0 Å². The molecule has 0 unspecified atom stereocenters. The van der Waals surface area contributed by atoms with Gasteiger partial charge in [-0.2, -0.15) is 0 Å². The summed E-state index contributed by atoms with van der Waals surface area (Å²) >= 11 is 0. The van der Waals surface area contributed by atoms with Crippen LogP contribution in [0.3, 0.4) is 0 Å². The second kappa shape index (κ2) is 7.00. The lowest BCUT2D eigenvalue weighted by molar-refractivity contribution is 0.102. The van der Waals surface area contributed by atoms with E-state index < -0.39 is 15.9 Å². The Labute approximate surface area is 158 Å². The van der Waals surface area contributed by atoms with Crippen LogP contribution < -0.4 is 5.32 Å². The van der Waals surface area contributed by atoms with Gasteiger partial charge in [0.05, 0.1) is 10.6 Å². The molecule has 0 aliphatic rings. The number of nitrogens with zero attached hydrogens (tertiary/aromatic N) is 2. The number of anilines is 1. The Morgan fingerprint density at radius 3 is 2.33 bits per heavy atom. The summed E-state index contributed by atoms with van der Waals surface area (Å²) < 4.78 is 26.7. The number of amides is 1. The first-order valence-electron chi connectivity index (χ1n) is 8.44. The van der Waals surface area contributed by atoms with Gasteiger partial charge in [-0.05, 0) is 41.3 Å².